The van der Waals surface area contributed by atoms with Crippen molar-refractivity contribution >= 4 is 29.1 Å². The summed E-state index contributed by atoms with van der Waals surface area (Å²) in [6, 6.07) is 22.5. The van der Waals surface area contributed by atoms with E-state index >= 15 is 0 Å². The number of hydrogen-bond acceptors (Lipinski definition) is 7. The third-order valence-corrected chi connectivity index (χ3v) is 8.14. The van der Waals surface area contributed by atoms with E-state index in [1.165, 1.54) is 11.3 Å². The lowest BCUT2D eigenvalue weighted by atomic mass is 9.91. The van der Waals surface area contributed by atoms with Gasteiger partial charge in [-0.25, -0.2) is 9.79 Å². The zero-order valence-electron chi connectivity index (χ0n) is 25.3. The van der Waals surface area contributed by atoms with Crippen LogP contribution in [-0.4, -0.2) is 30.4 Å². The molecule has 0 bridgehead atoms. The van der Waals surface area contributed by atoms with Crippen molar-refractivity contribution < 1.29 is 19.0 Å². The van der Waals surface area contributed by atoms with Gasteiger partial charge < -0.3 is 14.2 Å². The first kappa shape index (κ1) is 30.0. The van der Waals surface area contributed by atoms with Crippen molar-refractivity contribution in [2.45, 2.75) is 52.7 Å². The fourth-order valence-electron chi connectivity index (χ4n) is 5.13. The second-order valence-electron chi connectivity index (χ2n) is 10.8. The first-order valence-electron chi connectivity index (χ1n) is 14.5. The Morgan fingerprint density at radius 1 is 1.00 bits per heavy atom. The van der Waals surface area contributed by atoms with Gasteiger partial charge in [0, 0.05) is 11.1 Å². The molecule has 5 rings (SSSR count). The number of thiazole rings is 1. The SMILES string of the molecule is CCOC(=O)C1=C(c2ccccc2)N=c2s/c(=C\c3cccc(OC)c3OC(C)C)c(=O)n2[C@H]1c1ccc(C(C)C)cc1. The normalized spacial score (nSPS) is 15.0. The molecule has 7 nitrogen and oxygen atoms in total. The van der Waals surface area contributed by atoms with E-state index in [-0.39, 0.29) is 18.3 Å². The summed E-state index contributed by atoms with van der Waals surface area (Å²) in [6.07, 6.45) is 1.71. The Bertz CT molecular complexity index is 1830. The van der Waals surface area contributed by atoms with Crippen molar-refractivity contribution in [3.05, 3.63) is 120 Å². The average molecular weight is 597 g/mol. The molecule has 0 aliphatic carbocycles. The first-order valence-corrected chi connectivity index (χ1v) is 15.3. The molecule has 0 amide bonds. The zero-order valence-corrected chi connectivity index (χ0v) is 26.1. The number of para-hydroxylation sites is 1. The lowest BCUT2D eigenvalue weighted by Gasteiger charge is -2.26. The number of fused-ring (bicyclic) bond motifs is 1. The van der Waals surface area contributed by atoms with Crippen LogP contribution in [0, 0.1) is 0 Å². The molecule has 0 N–H and O–H groups in total. The quantitative estimate of drug-likeness (QED) is 0.226. The lowest BCUT2D eigenvalue weighted by Crippen LogP contribution is -2.40. The molecule has 222 valence electrons. The zero-order chi connectivity index (χ0) is 30.7. The van der Waals surface area contributed by atoms with E-state index in [9.17, 15) is 9.59 Å². The van der Waals surface area contributed by atoms with Crippen LogP contribution in [0.25, 0.3) is 11.8 Å². The van der Waals surface area contributed by atoms with E-state index in [1.54, 1.807) is 24.7 Å². The summed E-state index contributed by atoms with van der Waals surface area (Å²) in [4.78, 5) is 33.4. The van der Waals surface area contributed by atoms with E-state index < -0.39 is 12.0 Å². The van der Waals surface area contributed by atoms with Crippen LogP contribution in [0.4, 0.5) is 0 Å². The average Bonchev–Trinajstić information content (AvgIpc) is 3.31. The van der Waals surface area contributed by atoms with Crippen molar-refractivity contribution in [1.29, 1.82) is 0 Å². The standard InChI is InChI=1S/C35H36N2O5S/c1-7-41-34(39)29-30(24-12-9-8-10-13-24)36-35-37(31(29)25-18-16-23(17-19-25)21(2)3)33(38)28(43-35)20-26-14-11-15-27(40-6)32(26)42-22(4)5/h8-22,31H,7H2,1-6H3/b28-20-/t31-/m0/s1. The number of ether oxygens (including phenoxy) is 3. The molecular formula is C35H36N2O5S. The predicted octanol–water partition coefficient (Wildman–Crippen LogP) is 5.85. The number of rotatable bonds is 9. The molecule has 0 unspecified atom stereocenters. The fraction of sp³-hybridized carbons (Fsp3) is 0.286. The predicted molar refractivity (Wildman–Crippen MR) is 170 cm³/mol. The Hall–Kier alpha value is -4.43. The molecule has 1 aliphatic rings. The van der Waals surface area contributed by atoms with Gasteiger partial charge >= 0.3 is 5.97 Å². The van der Waals surface area contributed by atoms with E-state index in [1.807, 2.05) is 86.6 Å². The molecular weight excluding hydrogens is 560 g/mol. The van der Waals surface area contributed by atoms with Gasteiger partial charge in [-0.1, -0.05) is 91.9 Å². The maximum absolute atomic E-state index is 14.3. The number of carbonyl (C=O) groups is 1. The number of esters is 1. The Balaban J connectivity index is 1.81. The van der Waals surface area contributed by atoms with Crippen LogP contribution in [-0.2, 0) is 9.53 Å². The Kier molecular flexibility index (Phi) is 8.97. The molecule has 8 heteroatoms. The third-order valence-electron chi connectivity index (χ3n) is 7.16. The van der Waals surface area contributed by atoms with Crippen LogP contribution in [0.2, 0.25) is 0 Å². The van der Waals surface area contributed by atoms with Gasteiger partial charge in [-0.05, 0) is 50.0 Å². The molecule has 0 saturated carbocycles. The van der Waals surface area contributed by atoms with Crippen molar-refractivity contribution in [3.63, 3.8) is 0 Å². The van der Waals surface area contributed by atoms with Crippen LogP contribution >= 0.6 is 11.3 Å². The van der Waals surface area contributed by atoms with E-state index in [0.717, 1.165) is 16.7 Å². The number of nitrogens with zero attached hydrogens (tertiary/aromatic N) is 2. The largest absolute Gasteiger partial charge is 0.493 e. The summed E-state index contributed by atoms with van der Waals surface area (Å²) < 4.78 is 19.3. The van der Waals surface area contributed by atoms with E-state index in [0.29, 0.717) is 43.6 Å². The summed E-state index contributed by atoms with van der Waals surface area (Å²) >= 11 is 1.28. The number of methoxy groups -OCH3 is 1. The van der Waals surface area contributed by atoms with E-state index in [2.05, 4.69) is 13.8 Å². The van der Waals surface area contributed by atoms with Crippen LogP contribution in [0.1, 0.15) is 68.8 Å². The summed E-state index contributed by atoms with van der Waals surface area (Å²) in [7, 11) is 1.59. The molecule has 1 aromatic heterocycles. The monoisotopic (exact) mass is 596 g/mol. The molecule has 0 fully saturated rings. The molecule has 0 spiro atoms. The van der Waals surface area contributed by atoms with Gasteiger partial charge in [-0.15, -0.1) is 0 Å². The van der Waals surface area contributed by atoms with E-state index in [4.69, 9.17) is 19.2 Å². The van der Waals surface area contributed by atoms with Gasteiger partial charge in [0.2, 0.25) is 0 Å². The van der Waals surface area contributed by atoms with Crippen molar-refractivity contribution in [3.8, 4) is 11.5 Å². The second-order valence-corrected chi connectivity index (χ2v) is 11.8. The summed E-state index contributed by atoms with van der Waals surface area (Å²) in [6.45, 7) is 10.1. The van der Waals surface area contributed by atoms with Gasteiger partial charge in [-0.2, -0.15) is 0 Å². The molecule has 4 aromatic rings. The maximum atomic E-state index is 14.3. The number of hydrogen-bond donors (Lipinski definition) is 0. The summed E-state index contributed by atoms with van der Waals surface area (Å²) in [5, 5.41) is 0. The molecule has 1 atom stereocenters. The highest BCUT2D eigenvalue weighted by Gasteiger charge is 2.35. The second kappa shape index (κ2) is 12.8. The minimum absolute atomic E-state index is 0.0981. The topological polar surface area (TPSA) is 79.1 Å². The molecule has 3 aromatic carbocycles. The van der Waals surface area contributed by atoms with Crippen LogP contribution in [0.3, 0.4) is 0 Å². The van der Waals surface area contributed by atoms with Gasteiger partial charge in [-0.3, -0.25) is 9.36 Å². The fourth-order valence-corrected chi connectivity index (χ4v) is 6.12. The van der Waals surface area contributed by atoms with Crippen LogP contribution in [0.5, 0.6) is 11.5 Å². The highest BCUT2D eigenvalue weighted by Crippen LogP contribution is 2.36. The summed E-state index contributed by atoms with van der Waals surface area (Å²) in [5.74, 6) is 0.969. The number of benzene rings is 3. The van der Waals surface area contributed by atoms with Gasteiger partial charge in [0.25, 0.3) is 5.56 Å². The van der Waals surface area contributed by atoms with Crippen LogP contribution < -0.4 is 24.4 Å². The minimum atomic E-state index is -0.731. The van der Waals surface area contributed by atoms with Crippen molar-refractivity contribution in [2.24, 2.45) is 4.99 Å². The molecule has 43 heavy (non-hydrogen) atoms. The molecule has 0 radical (unpaired) electrons. The Morgan fingerprint density at radius 2 is 1.72 bits per heavy atom. The highest BCUT2D eigenvalue weighted by molar-refractivity contribution is 7.07. The maximum Gasteiger partial charge on any atom is 0.338 e. The molecule has 0 saturated heterocycles. The lowest BCUT2D eigenvalue weighted by molar-refractivity contribution is -0.138. The van der Waals surface area contributed by atoms with Crippen LogP contribution in [0.15, 0.2) is 88.2 Å². The van der Waals surface area contributed by atoms with Crippen molar-refractivity contribution in [2.75, 3.05) is 13.7 Å². The molecule has 1 aliphatic heterocycles. The highest BCUT2D eigenvalue weighted by atomic mass is 32.1. The number of carbonyl (C=O) groups excluding carboxylic acids is 1. The first-order chi connectivity index (χ1) is 20.7. The Labute approximate surface area is 255 Å². The smallest absolute Gasteiger partial charge is 0.338 e. The Morgan fingerprint density at radius 3 is 2.35 bits per heavy atom. The van der Waals surface area contributed by atoms with Crippen molar-refractivity contribution in [1.82, 2.24) is 4.57 Å². The van der Waals surface area contributed by atoms with Gasteiger partial charge in [0.05, 0.1) is 41.7 Å². The minimum Gasteiger partial charge on any atom is -0.493 e. The number of aromatic nitrogens is 1. The van der Waals surface area contributed by atoms with Gasteiger partial charge in [0.1, 0.15) is 0 Å². The van der Waals surface area contributed by atoms with Gasteiger partial charge in [0.15, 0.2) is 16.3 Å². The third kappa shape index (κ3) is 6.06. The summed E-state index contributed by atoms with van der Waals surface area (Å²) in [5.41, 5.74) is 4.01. The molecule has 2 heterocycles.